The molecule has 114 valence electrons. The third-order valence-electron chi connectivity index (χ3n) is 3.50. The molecule has 1 aliphatic heterocycles. The minimum absolute atomic E-state index is 0.135. The lowest BCUT2D eigenvalue weighted by Crippen LogP contribution is -2.44. The van der Waals surface area contributed by atoms with Crippen molar-refractivity contribution in [2.75, 3.05) is 26.2 Å². The number of halogens is 4. The maximum Gasteiger partial charge on any atom is 0.393 e. The zero-order valence-corrected chi connectivity index (χ0v) is 12.6. The number of rotatable bonds is 5. The van der Waals surface area contributed by atoms with Gasteiger partial charge in [-0.25, -0.2) is 0 Å². The second kappa shape index (κ2) is 7.11. The zero-order valence-electron chi connectivity index (χ0n) is 11.0. The predicted octanol–water partition coefficient (Wildman–Crippen LogP) is 3.77. The first-order valence-corrected chi connectivity index (χ1v) is 7.88. The van der Waals surface area contributed by atoms with Crippen molar-refractivity contribution in [3.8, 4) is 0 Å². The number of nitrogens with one attached hydrogen (secondary N) is 1. The predicted molar refractivity (Wildman–Crippen MR) is 76.3 cm³/mol. The molecule has 1 unspecified atom stereocenters. The van der Waals surface area contributed by atoms with Crippen LogP contribution in [-0.2, 0) is 6.54 Å². The zero-order chi connectivity index (χ0) is 14.6. The third kappa shape index (κ3) is 4.91. The molecule has 1 saturated heterocycles. The Bertz CT molecular complexity index is 422. The van der Waals surface area contributed by atoms with Gasteiger partial charge in [0.25, 0.3) is 0 Å². The van der Waals surface area contributed by atoms with E-state index in [9.17, 15) is 13.2 Å². The van der Waals surface area contributed by atoms with Crippen LogP contribution in [0.5, 0.6) is 0 Å². The van der Waals surface area contributed by atoms with Crippen LogP contribution in [0.2, 0.25) is 4.34 Å². The number of likely N-dealkylation sites (tertiary alicyclic amines) is 1. The van der Waals surface area contributed by atoms with Crippen molar-refractivity contribution in [1.82, 2.24) is 10.2 Å². The smallest absolute Gasteiger partial charge is 0.311 e. The number of hydrogen-bond donors (Lipinski definition) is 1. The van der Waals surface area contributed by atoms with Crippen molar-refractivity contribution in [3.63, 3.8) is 0 Å². The first kappa shape index (κ1) is 16.1. The van der Waals surface area contributed by atoms with Crippen molar-refractivity contribution < 1.29 is 13.2 Å². The van der Waals surface area contributed by atoms with Gasteiger partial charge in [-0.1, -0.05) is 11.6 Å². The Balaban J connectivity index is 1.66. The summed E-state index contributed by atoms with van der Waals surface area (Å²) in [6, 6.07) is 3.81. The van der Waals surface area contributed by atoms with Crippen molar-refractivity contribution >= 4 is 22.9 Å². The minimum Gasteiger partial charge on any atom is -0.311 e. The molecular formula is C13H18ClF3N2S. The largest absolute Gasteiger partial charge is 0.393 e. The second-order valence-corrected chi connectivity index (χ2v) is 6.86. The van der Waals surface area contributed by atoms with Crippen LogP contribution in [0.25, 0.3) is 0 Å². The van der Waals surface area contributed by atoms with Crippen molar-refractivity contribution in [3.05, 3.63) is 21.3 Å². The Kier molecular flexibility index (Phi) is 5.72. The van der Waals surface area contributed by atoms with E-state index in [0.717, 1.165) is 15.8 Å². The van der Waals surface area contributed by atoms with Gasteiger partial charge in [-0.3, -0.25) is 0 Å². The molecule has 0 aromatic carbocycles. The quantitative estimate of drug-likeness (QED) is 0.829. The molecule has 1 aromatic heterocycles. The molecule has 2 nitrogen and oxygen atoms in total. The summed E-state index contributed by atoms with van der Waals surface area (Å²) in [5, 5.41) is 3.24. The summed E-state index contributed by atoms with van der Waals surface area (Å²) in [4.78, 5) is 3.04. The number of piperidine rings is 1. The fourth-order valence-corrected chi connectivity index (χ4v) is 3.48. The average molecular weight is 327 g/mol. The lowest BCUT2D eigenvalue weighted by atomic mass is 9.97. The minimum atomic E-state index is -4.06. The van der Waals surface area contributed by atoms with E-state index in [-0.39, 0.29) is 13.0 Å². The van der Waals surface area contributed by atoms with Gasteiger partial charge in [0, 0.05) is 31.1 Å². The van der Waals surface area contributed by atoms with Gasteiger partial charge in [0.15, 0.2) is 0 Å². The number of nitrogens with zero attached hydrogens (tertiary/aromatic N) is 1. The van der Waals surface area contributed by atoms with Gasteiger partial charge in [-0.15, -0.1) is 11.3 Å². The summed E-state index contributed by atoms with van der Waals surface area (Å²) < 4.78 is 38.8. The van der Waals surface area contributed by atoms with Crippen LogP contribution in [0, 0.1) is 5.92 Å². The molecule has 1 aromatic rings. The van der Waals surface area contributed by atoms with Crippen LogP contribution >= 0.6 is 22.9 Å². The molecule has 1 fully saturated rings. The summed E-state index contributed by atoms with van der Waals surface area (Å²) in [5.74, 6) is -1.16. The van der Waals surface area contributed by atoms with Crippen LogP contribution < -0.4 is 5.32 Å². The molecule has 1 aliphatic rings. The van der Waals surface area contributed by atoms with Crippen LogP contribution in [0.4, 0.5) is 13.2 Å². The van der Waals surface area contributed by atoms with Crippen LogP contribution in [0.15, 0.2) is 12.1 Å². The summed E-state index contributed by atoms with van der Waals surface area (Å²) in [6.07, 6.45) is -3.16. The summed E-state index contributed by atoms with van der Waals surface area (Å²) in [5.41, 5.74) is 0. The molecule has 1 N–H and O–H groups in total. The fraction of sp³-hybridized carbons (Fsp3) is 0.692. The highest BCUT2D eigenvalue weighted by atomic mass is 35.5. The molecule has 0 saturated carbocycles. The molecule has 2 heterocycles. The van der Waals surface area contributed by atoms with Crippen molar-refractivity contribution in [2.45, 2.75) is 25.6 Å². The highest BCUT2D eigenvalue weighted by Gasteiger charge is 2.41. The van der Waals surface area contributed by atoms with E-state index in [2.05, 4.69) is 5.32 Å². The van der Waals surface area contributed by atoms with Gasteiger partial charge in [0.2, 0.25) is 0 Å². The Labute approximate surface area is 125 Å². The molecular weight excluding hydrogens is 309 g/mol. The Morgan fingerprint density at radius 3 is 2.85 bits per heavy atom. The first-order chi connectivity index (χ1) is 9.45. The number of hydrogen-bond acceptors (Lipinski definition) is 3. The van der Waals surface area contributed by atoms with E-state index < -0.39 is 12.1 Å². The van der Waals surface area contributed by atoms with E-state index >= 15 is 0 Å². The van der Waals surface area contributed by atoms with E-state index in [1.165, 1.54) is 11.3 Å². The lowest BCUT2D eigenvalue weighted by molar-refractivity contribution is -0.186. The first-order valence-electron chi connectivity index (χ1n) is 6.69. The van der Waals surface area contributed by atoms with Gasteiger partial charge >= 0.3 is 6.18 Å². The lowest BCUT2D eigenvalue weighted by Gasteiger charge is -2.33. The highest BCUT2D eigenvalue weighted by molar-refractivity contribution is 7.16. The van der Waals surface area contributed by atoms with Gasteiger partial charge in [0.1, 0.15) is 0 Å². The average Bonchev–Trinajstić information content (AvgIpc) is 2.80. The number of alkyl halides is 3. The molecule has 0 aliphatic carbocycles. The van der Waals surface area contributed by atoms with E-state index in [0.29, 0.717) is 26.1 Å². The van der Waals surface area contributed by atoms with Crippen LogP contribution in [-0.4, -0.2) is 37.3 Å². The van der Waals surface area contributed by atoms with Crippen LogP contribution in [0.3, 0.4) is 0 Å². The van der Waals surface area contributed by atoms with Gasteiger partial charge in [-0.05, 0) is 31.5 Å². The number of thiophene rings is 1. The maximum atomic E-state index is 12.7. The topological polar surface area (TPSA) is 15.3 Å². The Morgan fingerprint density at radius 1 is 1.40 bits per heavy atom. The monoisotopic (exact) mass is 326 g/mol. The van der Waals surface area contributed by atoms with E-state index in [1.54, 1.807) is 0 Å². The summed E-state index contributed by atoms with van der Waals surface area (Å²) >= 11 is 7.35. The molecule has 0 spiro atoms. The molecule has 0 bridgehead atoms. The molecule has 0 amide bonds. The fourth-order valence-electron chi connectivity index (χ4n) is 2.42. The van der Waals surface area contributed by atoms with Gasteiger partial charge in [-0.2, -0.15) is 13.2 Å². The van der Waals surface area contributed by atoms with E-state index in [1.807, 2.05) is 17.0 Å². The molecule has 2 rings (SSSR count). The highest BCUT2D eigenvalue weighted by Crippen LogP contribution is 2.32. The second-order valence-electron chi connectivity index (χ2n) is 5.06. The molecule has 0 radical (unpaired) electrons. The van der Waals surface area contributed by atoms with Crippen molar-refractivity contribution in [1.29, 1.82) is 0 Å². The Morgan fingerprint density at radius 2 is 2.20 bits per heavy atom. The van der Waals surface area contributed by atoms with Crippen molar-refractivity contribution in [2.24, 2.45) is 5.92 Å². The molecule has 1 atom stereocenters. The standard InChI is InChI=1S/C13H18ClF3N2S/c14-12-4-3-11(20-12)8-18-5-7-19-6-1-2-10(9-19)13(15,16)17/h3-4,10,18H,1-2,5-9H2. The maximum absolute atomic E-state index is 12.7. The summed E-state index contributed by atoms with van der Waals surface area (Å²) in [7, 11) is 0. The third-order valence-corrected chi connectivity index (χ3v) is 4.73. The Hall–Kier alpha value is -0.300. The molecule has 7 heteroatoms. The van der Waals surface area contributed by atoms with E-state index in [4.69, 9.17) is 11.6 Å². The SMILES string of the molecule is FC(F)(F)C1CCCN(CCNCc2ccc(Cl)s2)C1. The van der Waals surface area contributed by atoms with Gasteiger partial charge in [0.05, 0.1) is 10.3 Å². The normalized spacial score (nSPS) is 21.3. The van der Waals surface area contributed by atoms with Crippen LogP contribution in [0.1, 0.15) is 17.7 Å². The van der Waals surface area contributed by atoms with Gasteiger partial charge < -0.3 is 10.2 Å². The summed E-state index contributed by atoms with van der Waals surface area (Å²) in [6.45, 7) is 2.97. The molecule has 20 heavy (non-hydrogen) atoms.